The maximum absolute atomic E-state index is 13.6. The molecule has 0 aliphatic carbocycles. The number of nitrogens with one attached hydrogen (secondary N) is 1. The van der Waals surface area contributed by atoms with Crippen LogP contribution in [0.2, 0.25) is 0 Å². The number of carbonyl (C=O) groups is 1. The average molecular weight is 642 g/mol. The third-order valence-corrected chi connectivity index (χ3v) is 8.19. The van der Waals surface area contributed by atoms with E-state index in [1.54, 1.807) is 36.2 Å². The highest BCUT2D eigenvalue weighted by Gasteiger charge is 2.30. The molecule has 2 heterocycles. The van der Waals surface area contributed by atoms with Crippen LogP contribution in [0.1, 0.15) is 34.5 Å². The maximum atomic E-state index is 13.6. The third-order valence-electron chi connectivity index (χ3n) is 8.19. The molecule has 0 radical (unpaired) electrons. The Hall–Kier alpha value is -5.16. The van der Waals surface area contributed by atoms with Crippen molar-refractivity contribution in [2.75, 3.05) is 32.6 Å². The molecule has 1 saturated heterocycles. The van der Waals surface area contributed by atoms with Crippen molar-refractivity contribution >= 4 is 11.6 Å². The molecular formula is C36H34F3N5O3. The fourth-order valence-corrected chi connectivity index (χ4v) is 5.57. The standard InChI is InChI=1S/C36H34F3N5O3/c1-43-18-16-30(17-19-43)47-31-14-15-32(33(21-31)26-4-3-5-27(20-26)36(37,38)39)25-8-10-28(11-9-25)40-35(45)34-23-44(42-41-34)22-24-6-12-29(46-2)13-7-24/h3-15,20-21,23,30H,16-19,22H2,1-2H3,(H,40,45). The summed E-state index contributed by atoms with van der Waals surface area (Å²) in [4.78, 5) is 15.2. The van der Waals surface area contributed by atoms with Gasteiger partial charge in [-0.2, -0.15) is 13.2 Å². The van der Waals surface area contributed by atoms with Crippen molar-refractivity contribution in [2.45, 2.75) is 31.7 Å². The van der Waals surface area contributed by atoms with Crippen molar-refractivity contribution in [1.29, 1.82) is 0 Å². The summed E-state index contributed by atoms with van der Waals surface area (Å²) >= 11 is 0. The molecule has 1 N–H and O–H groups in total. The first-order valence-electron chi connectivity index (χ1n) is 15.3. The molecule has 1 aliphatic rings. The predicted octanol–water partition coefficient (Wildman–Crippen LogP) is 7.41. The van der Waals surface area contributed by atoms with Gasteiger partial charge < -0.3 is 19.7 Å². The van der Waals surface area contributed by atoms with E-state index in [-0.39, 0.29) is 11.8 Å². The quantitative estimate of drug-likeness (QED) is 0.181. The summed E-state index contributed by atoms with van der Waals surface area (Å²) in [5.41, 5.74) is 3.50. The molecule has 8 nitrogen and oxygen atoms in total. The van der Waals surface area contributed by atoms with Crippen LogP contribution in [0.4, 0.5) is 18.9 Å². The molecular weight excluding hydrogens is 607 g/mol. The highest BCUT2D eigenvalue weighted by atomic mass is 19.4. The minimum Gasteiger partial charge on any atom is -0.497 e. The van der Waals surface area contributed by atoms with Crippen LogP contribution in [0, 0.1) is 0 Å². The lowest BCUT2D eigenvalue weighted by atomic mass is 9.93. The van der Waals surface area contributed by atoms with E-state index in [1.165, 1.54) is 6.07 Å². The van der Waals surface area contributed by atoms with Gasteiger partial charge in [-0.3, -0.25) is 4.79 Å². The first-order chi connectivity index (χ1) is 22.6. The first-order valence-corrected chi connectivity index (χ1v) is 15.3. The summed E-state index contributed by atoms with van der Waals surface area (Å²) in [7, 11) is 3.68. The van der Waals surface area contributed by atoms with E-state index in [0.29, 0.717) is 29.1 Å². The van der Waals surface area contributed by atoms with E-state index >= 15 is 0 Å². The smallest absolute Gasteiger partial charge is 0.416 e. The van der Waals surface area contributed by atoms with E-state index in [9.17, 15) is 18.0 Å². The lowest BCUT2D eigenvalue weighted by Gasteiger charge is -2.29. The number of ether oxygens (including phenoxy) is 2. The van der Waals surface area contributed by atoms with Gasteiger partial charge in [-0.05, 0) is 96.2 Å². The molecule has 1 amide bonds. The molecule has 0 unspecified atom stereocenters. The number of rotatable bonds is 9. The second kappa shape index (κ2) is 13.7. The van der Waals surface area contributed by atoms with Crippen molar-refractivity contribution in [3.8, 4) is 33.8 Å². The summed E-state index contributed by atoms with van der Waals surface area (Å²) in [5, 5.41) is 10.9. The van der Waals surface area contributed by atoms with Gasteiger partial charge >= 0.3 is 6.18 Å². The molecule has 47 heavy (non-hydrogen) atoms. The zero-order valence-electron chi connectivity index (χ0n) is 26.0. The molecule has 0 atom stereocenters. The molecule has 1 fully saturated rings. The number of aromatic nitrogens is 3. The number of likely N-dealkylation sites (tertiary alicyclic amines) is 1. The maximum Gasteiger partial charge on any atom is 0.416 e. The zero-order chi connectivity index (χ0) is 33.0. The normalized spacial score (nSPS) is 14.1. The number of halogens is 3. The van der Waals surface area contributed by atoms with Crippen LogP contribution in [0.15, 0.2) is 97.2 Å². The number of amides is 1. The van der Waals surface area contributed by atoms with Gasteiger partial charge in [-0.15, -0.1) is 5.10 Å². The topological polar surface area (TPSA) is 81.5 Å². The highest BCUT2D eigenvalue weighted by molar-refractivity contribution is 6.02. The molecule has 0 bridgehead atoms. The Kier molecular flexibility index (Phi) is 9.26. The Labute approximate surface area is 270 Å². The summed E-state index contributed by atoms with van der Waals surface area (Å²) in [5.74, 6) is 0.942. The molecule has 5 aromatic rings. The third kappa shape index (κ3) is 7.81. The summed E-state index contributed by atoms with van der Waals surface area (Å²) in [6.07, 6.45) is -1.10. The number of piperidine rings is 1. The zero-order valence-corrected chi connectivity index (χ0v) is 26.0. The van der Waals surface area contributed by atoms with E-state index in [0.717, 1.165) is 60.5 Å². The van der Waals surface area contributed by atoms with Gasteiger partial charge in [0.25, 0.3) is 5.91 Å². The van der Waals surface area contributed by atoms with Crippen LogP contribution in [-0.4, -0.2) is 59.2 Å². The molecule has 1 aromatic heterocycles. The molecule has 6 rings (SSSR count). The number of carbonyl (C=O) groups excluding carboxylic acids is 1. The Bertz CT molecular complexity index is 1830. The van der Waals surface area contributed by atoms with E-state index in [4.69, 9.17) is 9.47 Å². The van der Waals surface area contributed by atoms with E-state index in [2.05, 4.69) is 27.6 Å². The SMILES string of the molecule is COc1ccc(Cn2cc(C(=O)Nc3ccc(-c4ccc(OC5CCN(C)CC5)cc4-c4cccc(C(F)(F)F)c4)cc3)nn2)cc1. The Morgan fingerprint density at radius 1 is 0.894 bits per heavy atom. The second-order valence-corrected chi connectivity index (χ2v) is 11.6. The van der Waals surface area contributed by atoms with Crippen molar-refractivity contribution in [3.63, 3.8) is 0 Å². The Balaban J connectivity index is 1.21. The summed E-state index contributed by atoms with van der Waals surface area (Å²) in [6.45, 7) is 2.29. The molecule has 0 saturated carbocycles. The number of benzene rings is 4. The molecule has 4 aromatic carbocycles. The summed E-state index contributed by atoms with van der Waals surface area (Å²) < 4.78 is 54.0. The van der Waals surface area contributed by atoms with E-state index in [1.807, 2.05) is 54.6 Å². The lowest BCUT2D eigenvalue weighted by Crippen LogP contribution is -2.35. The monoisotopic (exact) mass is 641 g/mol. The van der Waals surface area contributed by atoms with Crippen molar-refractivity contribution in [3.05, 3.63) is 114 Å². The summed E-state index contributed by atoms with van der Waals surface area (Å²) in [6, 6.07) is 25.5. The number of anilines is 1. The van der Waals surface area contributed by atoms with Crippen LogP contribution < -0.4 is 14.8 Å². The van der Waals surface area contributed by atoms with Crippen molar-refractivity contribution in [1.82, 2.24) is 19.9 Å². The largest absolute Gasteiger partial charge is 0.497 e. The number of hydrogen-bond donors (Lipinski definition) is 1. The molecule has 11 heteroatoms. The minimum absolute atomic E-state index is 0.0401. The molecule has 1 aliphatic heterocycles. The number of alkyl halides is 3. The van der Waals surface area contributed by atoms with Gasteiger partial charge in [0.2, 0.25) is 0 Å². The van der Waals surface area contributed by atoms with Gasteiger partial charge in [-0.25, -0.2) is 4.68 Å². The van der Waals surface area contributed by atoms with Gasteiger partial charge in [0, 0.05) is 18.8 Å². The second-order valence-electron chi connectivity index (χ2n) is 11.6. The van der Waals surface area contributed by atoms with Crippen molar-refractivity contribution in [2.24, 2.45) is 0 Å². The van der Waals surface area contributed by atoms with Crippen LogP contribution in [0.3, 0.4) is 0 Å². The van der Waals surface area contributed by atoms with Crippen LogP contribution in [-0.2, 0) is 12.7 Å². The fourth-order valence-electron chi connectivity index (χ4n) is 5.57. The number of methoxy groups -OCH3 is 1. The van der Waals surface area contributed by atoms with Gasteiger partial charge in [-0.1, -0.05) is 47.7 Å². The molecule has 242 valence electrons. The predicted molar refractivity (Wildman–Crippen MR) is 174 cm³/mol. The Morgan fingerprint density at radius 2 is 1.62 bits per heavy atom. The van der Waals surface area contributed by atoms with Gasteiger partial charge in [0.1, 0.15) is 17.6 Å². The lowest BCUT2D eigenvalue weighted by molar-refractivity contribution is -0.137. The fraction of sp³-hybridized carbons (Fsp3) is 0.250. The Morgan fingerprint density at radius 3 is 2.32 bits per heavy atom. The molecule has 0 spiro atoms. The van der Waals surface area contributed by atoms with Gasteiger partial charge in [0.05, 0.1) is 25.4 Å². The average Bonchev–Trinajstić information content (AvgIpc) is 3.55. The van der Waals surface area contributed by atoms with Gasteiger partial charge in [0.15, 0.2) is 5.69 Å². The van der Waals surface area contributed by atoms with Crippen LogP contribution in [0.25, 0.3) is 22.3 Å². The minimum atomic E-state index is -4.47. The number of nitrogens with zero attached hydrogens (tertiary/aromatic N) is 4. The highest BCUT2D eigenvalue weighted by Crippen LogP contribution is 2.39. The van der Waals surface area contributed by atoms with E-state index < -0.39 is 17.6 Å². The van der Waals surface area contributed by atoms with Crippen LogP contribution >= 0.6 is 0 Å². The van der Waals surface area contributed by atoms with Crippen LogP contribution in [0.5, 0.6) is 11.5 Å². The van der Waals surface area contributed by atoms with Crippen molar-refractivity contribution < 1.29 is 27.4 Å². The number of hydrogen-bond acceptors (Lipinski definition) is 6. The first kappa shape index (κ1) is 31.8.